The molecule has 0 fully saturated rings. The second-order valence-corrected chi connectivity index (χ2v) is 5.97. The average Bonchev–Trinajstić information content (AvgIpc) is 2.45. The first-order chi connectivity index (χ1) is 11.1. The van der Waals surface area contributed by atoms with Gasteiger partial charge in [-0.05, 0) is 31.2 Å². The lowest BCUT2D eigenvalue weighted by atomic mass is 10.2. The maximum Gasteiger partial charge on any atom is 0.334 e. The van der Waals surface area contributed by atoms with Crippen LogP contribution in [0.1, 0.15) is 5.56 Å². The summed E-state index contributed by atoms with van der Waals surface area (Å²) in [4.78, 5) is 23.3. The van der Waals surface area contributed by atoms with Crippen LogP contribution in [-0.2, 0) is 10.1 Å². The van der Waals surface area contributed by atoms with Gasteiger partial charge >= 0.3 is 5.69 Å². The molecular weight excluding hydrogens is 344 g/mol. The highest BCUT2D eigenvalue weighted by molar-refractivity contribution is 7.85. The molecule has 0 saturated heterocycles. The van der Waals surface area contributed by atoms with E-state index in [9.17, 15) is 28.4 Å². The van der Waals surface area contributed by atoms with E-state index in [0.29, 0.717) is 0 Å². The number of nitro groups is 1. The van der Waals surface area contributed by atoms with Crippen LogP contribution in [0.5, 0.6) is 5.88 Å². The van der Waals surface area contributed by atoms with E-state index in [1.165, 1.54) is 19.1 Å². The highest BCUT2D eigenvalue weighted by Crippen LogP contribution is 2.31. The van der Waals surface area contributed by atoms with Gasteiger partial charge in [0.05, 0.1) is 21.1 Å². The predicted molar refractivity (Wildman–Crippen MR) is 80.6 cm³/mol. The van der Waals surface area contributed by atoms with E-state index in [2.05, 4.69) is 10.2 Å². The van der Waals surface area contributed by atoms with Crippen molar-refractivity contribution in [3.63, 3.8) is 0 Å². The van der Waals surface area contributed by atoms with Crippen LogP contribution in [0.25, 0.3) is 0 Å². The summed E-state index contributed by atoms with van der Waals surface area (Å²) in [6.07, 6.45) is 0. The van der Waals surface area contributed by atoms with Crippen molar-refractivity contribution in [3.8, 4) is 5.88 Å². The molecule has 0 aliphatic carbocycles. The Morgan fingerprint density at radius 2 is 1.79 bits per heavy atom. The van der Waals surface area contributed by atoms with Crippen molar-refractivity contribution in [2.45, 2.75) is 11.8 Å². The van der Waals surface area contributed by atoms with Gasteiger partial charge in [0.1, 0.15) is 0 Å². The largest absolute Gasteiger partial charge is 0.490 e. The summed E-state index contributed by atoms with van der Waals surface area (Å²) < 4.78 is 30.7. The molecule has 1 heterocycles. The van der Waals surface area contributed by atoms with Crippen molar-refractivity contribution in [1.29, 1.82) is 0 Å². The maximum atomic E-state index is 11.7. The van der Waals surface area contributed by atoms with Crippen molar-refractivity contribution in [2.75, 3.05) is 0 Å². The summed E-state index contributed by atoms with van der Waals surface area (Å²) in [5, 5.41) is 27.6. The van der Waals surface area contributed by atoms with E-state index in [-0.39, 0.29) is 21.8 Å². The van der Waals surface area contributed by atoms with Gasteiger partial charge < -0.3 is 5.11 Å². The first kappa shape index (κ1) is 17.2. The van der Waals surface area contributed by atoms with Crippen LogP contribution in [-0.4, -0.2) is 28.0 Å². The Morgan fingerprint density at radius 3 is 2.29 bits per heavy atom. The van der Waals surface area contributed by atoms with Crippen molar-refractivity contribution in [3.05, 3.63) is 50.3 Å². The molecule has 0 aliphatic rings. The van der Waals surface area contributed by atoms with E-state index < -0.39 is 32.2 Å². The number of aromatic nitrogens is 1. The normalized spacial score (nSPS) is 11.8. The minimum absolute atomic E-state index is 0.136. The molecule has 0 unspecified atom stereocenters. The molecule has 0 radical (unpaired) electrons. The number of H-pyrrole nitrogens is 1. The van der Waals surface area contributed by atoms with Crippen molar-refractivity contribution in [2.24, 2.45) is 10.2 Å². The Morgan fingerprint density at radius 1 is 1.21 bits per heavy atom. The molecule has 0 aliphatic heterocycles. The van der Waals surface area contributed by atoms with Gasteiger partial charge in [-0.1, -0.05) is 0 Å². The fourth-order valence-electron chi connectivity index (χ4n) is 1.82. The molecule has 1 aromatic carbocycles. The number of aromatic amines is 1. The second kappa shape index (κ2) is 6.17. The standard InChI is InChI=1S/C12H10N4O7S/c1-6-9(11(17)13-12(18)10(6)16(19)20)15-14-7-2-4-8(5-3-7)24(21,22)23/h2-5H,1H3,(H2,13,17,18)(H,21,22,23). The SMILES string of the molecule is Cc1c([N+](=O)[O-])c(O)[nH]c(=O)c1N=Nc1ccc(S(=O)(=O)O)cc1. The van der Waals surface area contributed by atoms with E-state index in [4.69, 9.17) is 4.55 Å². The Kier molecular flexibility index (Phi) is 4.43. The van der Waals surface area contributed by atoms with Crippen LogP contribution >= 0.6 is 0 Å². The van der Waals surface area contributed by atoms with Crippen molar-refractivity contribution in [1.82, 2.24) is 4.98 Å². The lowest BCUT2D eigenvalue weighted by Crippen LogP contribution is -2.09. The molecule has 3 N–H and O–H groups in total. The van der Waals surface area contributed by atoms with Crippen LogP contribution in [0.15, 0.2) is 44.2 Å². The zero-order valence-electron chi connectivity index (χ0n) is 12.0. The first-order valence-corrected chi connectivity index (χ1v) is 7.65. The van der Waals surface area contributed by atoms with E-state index in [1.54, 1.807) is 0 Å². The number of hydrogen-bond donors (Lipinski definition) is 3. The molecule has 0 saturated carbocycles. The van der Waals surface area contributed by atoms with Gasteiger partial charge in [-0.25, -0.2) is 0 Å². The monoisotopic (exact) mass is 354 g/mol. The molecule has 0 bridgehead atoms. The first-order valence-electron chi connectivity index (χ1n) is 6.21. The van der Waals surface area contributed by atoms with Crippen LogP contribution in [0, 0.1) is 17.0 Å². The molecule has 11 nitrogen and oxygen atoms in total. The minimum atomic E-state index is -4.35. The summed E-state index contributed by atoms with van der Waals surface area (Å²) in [6, 6.07) is 4.57. The zero-order chi connectivity index (χ0) is 18.1. The zero-order valence-corrected chi connectivity index (χ0v) is 12.8. The fraction of sp³-hybridized carbons (Fsp3) is 0.0833. The molecule has 126 valence electrons. The Labute approximate surface area is 134 Å². The molecule has 0 amide bonds. The van der Waals surface area contributed by atoms with Gasteiger partial charge in [-0.2, -0.15) is 13.5 Å². The van der Waals surface area contributed by atoms with Crippen LogP contribution < -0.4 is 5.56 Å². The summed E-state index contributed by atoms with van der Waals surface area (Å²) in [6.45, 7) is 1.23. The van der Waals surface area contributed by atoms with Crippen LogP contribution in [0.4, 0.5) is 17.1 Å². The van der Waals surface area contributed by atoms with Crippen LogP contribution in [0.2, 0.25) is 0 Å². The average molecular weight is 354 g/mol. The number of azo groups is 1. The molecule has 0 atom stereocenters. The number of aromatic hydroxyl groups is 1. The van der Waals surface area contributed by atoms with Crippen molar-refractivity contribution < 1.29 is 23.0 Å². The summed E-state index contributed by atoms with van der Waals surface area (Å²) >= 11 is 0. The Balaban J connectivity index is 2.45. The number of hydrogen-bond acceptors (Lipinski definition) is 8. The summed E-state index contributed by atoms with van der Waals surface area (Å²) in [7, 11) is -4.35. The third-order valence-electron chi connectivity index (χ3n) is 2.96. The van der Waals surface area contributed by atoms with Gasteiger partial charge in [0.15, 0.2) is 5.69 Å². The van der Waals surface area contributed by atoms with E-state index in [0.717, 1.165) is 12.1 Å². The number of nitrogens with one attached hydrogen (secondary N) is 1. The third-order valence-corrected chi connectivity index (χ3v) is 3.83. The Hall–Kier alpha value is -3.12. The molecule has 24 heavy (non-hydrogen) atoms. The molecule has 1 aromatic heterocycles. The van der Waals surface area contributed by atoms with E-state index >= 15 is 0 Å². The topological polar surface area (TPSA) is 175 Å². The van der Waals surface area contributed by atoms with Gasteiger partial charge in [0.25, 0.3) is 21.6 Å². The number of nitrogens with zero attached hydrogens (tertiary/aromatic N) is 3. The quantitative estimate of drug-likeness (QED) is 0.325. The maximum absolute atomic E-state index is 11.7. The lowest BCUT2D eigenvalue weighted by molar-refractivity contribution is -0.386. The molecule has 12 heteroatoms. The fourth-order valence-corrected chi connectivity index (χ4v) is 2.30. The second-order valence-electron chi connectivity index (χ2n) is 4.55. The number of pyridine rings is 1. The molecule has 0 spiro atoms. The van der Waals surface area contributed by atoms with Crippen molar-refractivity contribution >= 4 is 27.2 Å². The summed E-state index contributed by atoms with van der Waals surface area (Å²) in [5.74, 6) is -0.890. The van der Waals surface area contributed by atoms with E-state index in [1.807, 2.05) is 4.98 Å². The van der Waals surface area contributed by atoms with Gasteiger partial charge in [0, 0.05) is 0 Å². The molecule has 2 rings (SSSR count). The highest BCUT2D eigenvalue weighted by atomic mass is 32.2. The lowest BCUT2D eigenvalue weighted by Gasteiger charge is -2.02. The molecule has 2 aromatic rings. The number of rotatable bonds is 4. The number of benzene rings is 1. The highest BCUT2D eigenvalue weighted by Gasteiger charge is 2.23. The predicted octanol–water partition coefficient (Wildman–Crippen LogP) is 1.96. The van der Waals surface area contributed by atoms with Gasteiger partial charge in [-0.3, -0.25) is 24.4 Å². The van der Waals surface area contributed by atoms with Crippen LogP contribution in [0.3, 0.4) is 0 Å². The minimum Gasteiger partial charge on any atom is -0.490 e. The summed E-state index contributed by atoms with van der Waals surface area (Å²) in [5.41, 5.74) is -2.01. The third kappa shape index (κ3) is 3.44. The van der Waals surface area contributed by atoms with Gasteiger partial charge in [-0.15, -0.1) is 5.11 Å². The smallest absolute Gasteiger partial charge is 0.334 e. The molecular formula is C12H10N4O7S. The Bertz CT molecular complexity index is 993. The van der Waals surface area contributed by atoms with Gasteiger partial charge in [0.2, 0.25) is 0 Å².